The Labute approximate surface area is 195 Å². The third-order valence-corrected chi connectivity index (χ3v) is 7.44. The number of amides is 1. The van der Waals surface area contributed by atoms with Gasteiger partial charge in [-0.25, -0.2) is 0 Å². The summed E-state index contributed by atoms with van der Waals surface area (Å²) in [6.07, 6.45) is 5.57. The first kappa shape index (κ1) is 21.9. The van der Waals surface area contributed by atoms with E-state index >= 15 is 0 Å². The van der Waals surface area contributed by atoms with Gasteiger partial charge in [-0.1, -0.05) is 43.3 Å². The Morgan fingerprint density at radius 1 is 1.09 bits per heavy atom. The Hall–Kier alpha value is -2.92. The maximum Gasteiger partial charge on any atom is 0.251 e. The average molecular weight is 445 g/mol. The van der Waals surface area contributed by atoms with Crippen LogP contribution in [0.1, 0.15) is 44.1 Å². The molecule has 33 heavy (non-hydrogen) atoms. The van der Waals surface area contributed by atoms with Crippen LogP contribution in [0.3, 0.4) is 0 Å². The quantitative estimate of drug-likeness (QED) is 0.526. The van der Waals surface area contributed by atoms with Crippen LogP contribution < -0.4 is 4.74 Å². The summed E-state index contributed by atoms with van der Waals surface area (Å²) < 4.78 is 11.3. The van der Waals surface area contributed by atoms with Crippen LogP contribution in [-0.4, -0.2) is 48.7 Å². The molecule has 2 saturated heterocycles. The Morgan fingerprint density at radius 2 is 1.88 bits per heavy atom. The van der Waals surface area contributed by atoms with Crippen LogP contribution in [0.5, 0.6) is 5.75 Å². The number of carbonyl (C=O) groups is 1. The molecule has 2 atom stereocenters. The molecule has 2 aromatic carbocycles. The number of rotatable bonds is 5. The molecule has 0 saturated carbocycles. The molecule has 1 amide bonds. The normalized spacial score (nSPS) is 20.2. The second-order valence-corrected chi connectivity index (χ2v) is 9.30. The molecule has 5 heteroatoms. The van der Waals surface area contributed by atoms with Crippen molar-refractivity contribution in [1.82, 2.24) is 9.88 Å². The summed E-state index contributed by atoms with van der Waals surface area (Å²) in [7, 11) is 1.71. The summed E-state index contributed by atoms with van der Waals surface area (Å²) in [4.78, 5) is 19.2. The lowest BCUT2D eigenvalue weighted by Gasteiger charge is -2.36. The molecule has 1 unspecified atom stereocenters. The van der Waals surface area contributed by atoms with Gasteiger partial charge in [0.2, 0.25) is 0 Å². The van der Waals surface area contributed by atoms with E-state index in [9.17, 15) is 4.79 Å². The van der Waals surface area contributed by atoms with Gasteiger partial charge in [-0.3, -0.25) is 9.78 Å². The van der Waals surface area contributed by atoms with Gasteiger partial charge in [0.15, 0.2) is 5.75 Å². The van der Waals surface area contributed by atoms with E-state index < -0.39 is 0 Å². The minimum atomic E-state index is -0.200. The molecule has 1 aromatic heterocycles. The van der Waals surface area contributed by atoms with E-state index in [1.807, 2.05) is 11.0 Å². The predicted molar refractivity (Wildman–Crippen MR) is 130 cm³/mol. The molecule has 0 N–H and O–H groups in total. The van der Waals surface area contributed by atoms with E-state index in [0.717, 1.165) is 73.2 Å². The number of ether oxygens (including phenoxy) is 2. The Bertz CT molecular complexity index is 1110. The number of carbonyl (C=O) groups excluding carboxylic acids is 1. The maximum absolute atomic E-state index is 12.6. The van der Waals surface area contributed by atoms with E-state index in [1.54, 1.807) is 13.3 Å². The Kier molecular flexibility index (Phi) is 6.32. The fraction of sp³-hybridized carbons (Fsp3) is 0.429. The molecule has 0 radical (unpaired) electrons. The maximum atomic E-state index is 12.6. The summed E-state index contributed by atoms with van der Waals surface area (Å²) in [5.74, 6) is 2.06. The SMILES string of the molecule is COc1c(-c2ccc(C(C)C3CCN(C(=O)[C@H]4CCCO4)CC3)cc2)ccc2cccnc12. The van der Waals surface area contributed by atoms with Gasteiger partial charge in [0.05, 0.1) is 7.11 Å². The zero-order valence-corrected chi connectivity index (χ0v) is 19.5. The molecule has 3 heterocycles. The van der Waals surface area contributed by atoms with Crippen LogP contribution in [0, 0.1) is 5.92 Å². The smallest absolute Gasteiger partial charge is 0.251 e. The molecule has 2 aliphatic rings. The molecule has 0 bridgehead atoms. The zero-order chi connectivity index (χ0) is 22.8. The van der Waals surface area contributed by atoms with E-state index in [-0.39, 0.29) is 12.0 Å². The van der Waals surface area contributed by atoms with Crippen LogP contribution in [0.4, 0.5) is 0 Å². The van der Waals surface area contributed by atoms with Gasteiger partial charge in [0.25, 0.3) is 5.91 Å². The number of methoxy groups -OCH3 is 1. The van der Waals surface area contributed by atoms with Crippen molar-refractivity contribution in [1.29, 1.82) is 0 Å². The third-order valence-electron chi connectivity index (χ3n) is 7.44. The Balaban J connectivity index is 1.27. The standard InChI is InChI=1S/C28H32N2O3/c1-19(21-13-16-30(17-14-21)28(31)25-6-4-18-33-25)20-7-9-22(10-8-20)24-12-11-23-5-3-15-29-26(23)27(24)32-2/h3,5,7-12,15,19,21,25H,4,6,13-14,16-18H2,1-2H3/t19?,25-/m1/s1. The molecule has 172 valence electrons. The van der Waals surface area contributed by atoms with Crippen molar-refractivity contribution in [2.75, 3.05) is 26.8 Å². The van der Waals surface area contributed by atoms with Crippen molar-refractivity contribution in [2.45, 2.75) is 44.6 Å². The molecular formula is C28H32N2O3. The first-order chi connectivity index (χ1) is 16.2. The minimum absolute atomic E-state index is 0.196. The monoisotopic (exact) mass is 444 g/mol. The number of pyridine rings is 1. The number of likely N-dealkylation sites (tertiary alicyclic amines) is 1. The lowest BCUT2D eigenvalue weighted by atomic mass is 9.81. The summed E-state index contributed by atoms with van der Waals surface area (Å²) in [5, 5.41) is 1.08. The molecule has 0 spiro atoms. The summed E-state index contributed by atoms with van der Waals surface area (Å²) in [5.41, 5.74) is 4.43. The molecule has 0 aliphatic carbocycles. The Morgan fingerprint density at radius 3 is 2.58 bits per heavy atom. The number of piperidine rings is 1. The molecule has 5 rings (SSSR count). The third kappa shape index (κ3) is 4.34. The van der Waals surface area contributed by atoms with E-state index in [2.05, 4.69) is 54.4 Å². The van der Waals surface area contributed by atoms with Gasteiger partial charge >= 0.3 is 0 Å². The highest BCUT2D eigenvalue weighted by atomic mass is 16.5. The number of hydrogen-bond donors (Lipinski definition) is 0. The zero-order valence-electron chi connectivity index (χ0n) is 19.5. The van der Waals surface area contributed by atoms with E-state index in [1.165, 1.54) is 5.56 Å². The highest BCUT2D eigenvalue weighted by Gasteiger charge is 2.32. The van der Waals surface area contributed by atoms with Crippen molar-refractivity contribution in [3.8, 4) is 16.9 Å². The van der Waals surface area contributed by atoms with Gasteiger partial charge in [0, 0.05) is 36.8 Å². The van der Waals surface area contributed by atoms with E-state index in [0.29, 0.717) is 11.8 Å². The number of nitrogens with zero attached hydrogens (tertiary/aromatic N) is 2. The first-order valence-corrected chi connectivity index (χ1v) is 12.1. The van der Waals surface area contributed by atoms with Crippen LogP contribution in [0.25, 0.3) is 22.0 Å². The highest BCUT2D eigenvalue weighted by Crippen LogP contribution is 2.38. The highest BCUT2D eigenvalue weighted by molar-refractivity contribution is 5.92. The van der Waals surface area contributed by atoms with Crippen LogP contribution in [0.2, 0.25) is 0 Å². The summed E-state index contributed by atoms with van der Waals surface area (Å²) in [6, 6.07) is 17.1. The second-order valence-electron chi connectivity index (χ2n) is 9.30. The molecule has 3 aromatic rings. The number of benzene rings is 2. The van der Waals surface area contributed by atoms with Crippen molar-refractivity contribution in [3.05, 3.63) is 60.3 Å². The van der Waals surface area contributed by atoms with Gasteiger partial charge in [-0.2, -0.15) is 0 Å². The average Bonchev–Trinajstić information content (AvgIpc) is 3.42. The fourth-order valence-corrected chi connectivity index (χ4v) is 5.39. The molecule has 2 fully saturated rings. The lowest BCUT2D eigenvalue weighted by molar-refractivity contribution is -0.142. The molecular weight excluding hydrogens is 412 g/mol. The van der Waals surface area contributed by atoms with Crippen LogP contribution in [0.15, 0.2) is 54.7 Å². The molecule has 5 nitrogen and oxygen atoms in total. The fourth-order valence-electron chi connectivity index (χ4n) is 5.39. The van der Waals surface area contributed by atoms with Gasteiger partial charge in [-0.05, 0) is 60.8 Å². The lowest BCUT2D eigenvalue weighted by Crippen LogP contribution is -2.44. The minimum Gasteiger partial charge on any atom is -0.494 e. The van der Waals surface area contributed by atoms with Crippen LogP contribution >= 0.6 is 0 Å². The van der Waals surface area contributed by atoms with Crippen molar-refractivity contribution >= 4 is 16.8 Å². The molecule has 2 aliphatic heterocycles. The van der Waals surface area contributed by atoms with Crippen LogP contribution in [-0.2, 0) is 9.53 Å². The van der Waals surface area contributed by atoms with Gasteiger partial charge in [-0.15, -0.1) is 0 Å². The second kappa shape index (κ2) is 9.52. The van der Waals surface area contributed by atoms with E-state index in [4.69, 9.17) is 9.47 Å². The van der Waals surface area contributed by atoms with Crippen molar-refractivity contribution in [3.63, 3.8) is 0 Å². The van der Waals surface area contributed by atoms with Crippen molar-refractivity contribution < 1.29 is 14.3 Å². The summed E-state index contributed by atoms with van der Waals surface area (Å²) in [6.45, 7) is 4.72. The van der Waals surface area contributed by atoms with Gasteiger partial charge < -0.3 is 14.4 Å². The van der Waals surface area contributed by atoms with Crippen molar-refractivity contribution in [2.24, 2.45) is 5.92 Å². The largest absolute Gasteiger partial charge is 0.494 e. The number of aromatic nitrogens is 1. The summed E-state index contributed by atoms with van der Waals surface area (Å²) >= 11 is 0. The number of hydrogen-bond acceptors (Lipinski definition) is 4. The predicted octanol–water partition coefficient (Wildman–Crippen LogP) is 5.43. The number of fused-ring (bicyclic) bond motifs is 1. The first-order valence-electron chi connectivity index (χ1n) is 12.1. The topological polar surface area (TPSA) is 51.7 Å². The van der Waals surface area contributed by atoms with Gasteiger partial charge in [0.1, 0.15) is 11.6 Å².